The Hall–Kier alpha value is -3.15. The predicted octanol–water partition coefficient (Wildman–Crippen LogP) is 4.76. The molecule has 2 heterocycles. The molecule has 4 rings (SSSR count). The maximum absolute atomic E-state index is 12.6. The molecule has 0 saturated heterocycles. The zero-order chi connectivity index (χ0) is 23.9. The topological polar surface area (TPSA) is 98.1 Å². The SMILES string of the molecule is COc1ccc(C(=O)NCc2nnc(SCC(=O)Nc3cccs3)n2-c2ccc(Br)cc2)cc1. The Bertz CT molecular complexity index is 1260. The number of nitrogens with zero attached hydrogens (tertiary/aromatic N) is 3. The molecule has 4 aromatic rings. The van der Waals surface area contributed by atoms with E-state index in [0.717, 1.165) is 15.2 Å². The van der Waals surface area contributed by atoms with E-state index in [-0.39, 0.29) is 24.1 Å². The smallest absolute Gasteiger partial charge is 0.251 e. The predicted molar refractivity (Wildman–Crippen MR) is 137 cm³/mol. The van der Waals surface area contributed by atoms with E-state index in [1.807, 2.05) is 46.3 Å². The molecule has 0 aliphatic carbocycles. The Labute approximate surface area is 212 Å². The number of methoxy groups -OCH3 is 1. The first-order valence-corrected chi connectivity index (χ1v) is 12.8. The van der Waals surface area contributed by atoms with Gasteiger partial charge in [0, 0.05) is 15.7 Å². The fourth-order valence-electron chi connectivity index (χ4n) is 3.01. The molecule has 174 valence electrons. The lowest BCUT2D eigenvalue weighted by molar-refractivity contribution is -0.113. The summed E-state index contributed by atoms with van der Waals surface area (Å²) >= 11 is 6.18. The van der Waals surface area contributed by atoms with E-state index in [4.69, 9.17) is 4.74 Å². The molecule has 0 unspecified atom stereocenters. The van der Waals surface area contributed by atoms with Gasteiger partial charge in [-0.1, -0.05) is 27.7 Å². The Morgan fingerprint density at radius 2 is 1.85 bits per heavy atom. The molecule has 0 atom stereocenters. The highest BCUT2D eigenvalue weighted by atomic mass is 79.9. The van der Waals surface area contributed by atoms with Crippen molar-refractivity contribution in [2.75, 3.05) is 18.2 Å². The van der Waals surface area contributed by atoms with Crippen LogP contribution in [-0.4, -0.2) is 39.4 Å². The molecule has 0 saturated carbocycles. The van der Waals surface area contributed by atoms with Crippen molar-refractivity contribution in [3.8, 4) is 11.4 Å². The van der Waals surface area contributed by atoms with Crippen LogP contribution >= 0.6 is 39.0 Å². The average Bonchev–Trinajstić information content (AvgIpc) is 3.51. The summed E-state index contributed by atoms with van der Waals surface area (Å²) in [5, 5.41) is 17.5. The number of carbonyl (C=O) groups is 2. The average molecular weight is 558 g/mol. The molecule has 8 nitrogen and oxygen atoms in total. The number of thiophene rings is 1. The summed E-state index contributed by atoms with van der Waals surface area (Å²) in [5.74, 6) is 1.02. The standard InChI is InChI=1S/C23H20BrN5O3S2/c1-32-18-10-4-15(5-11-18)22(31)25-13-19-27-28-23(29(19)17-8-6-16(24)7-9-17)34-14-20(30)26-21-3-2-12-33-21/h2-12H,13-14H2,1H3,(H,25,31)(H,26,30). The number of halogens is 1. The van der Waals surface area contributed by atoms with Crippen LogP contribution < -0.4 is 15.4 Å². The van der Waals surface area contributed by atoms with Crippen molar-refractivity contribution in [1.82, 2.24) is 20.1 Å². The van der Waals surface area contributed by atoms with E-state index >= 15 is 0 Å². The van der Waals surface area contributed by atoms with Crippen LogP contribution in [0.5, 0.6) is 5.75 Å². The Kier molecular flexibility index (Phi) is 7.99. The van der Waals surface area contributed by atoms with Crippen LogP contribution in [0.4, 0.5) is 5.00 Å². The summed E-state index contributed by atoms with van der Waals surface area (Å²) in [6, 6.07) is 18.2. The van der Waals surface area contributed by atoms with Gasteiger partial charge in [-0.3, -0.25) is 14.2 Å². The van der Waals surface area contributed by atoms with Crippen molar-refractivity contribution in [3.63, 3.8) is 0 Å². The minimum Gasteiger partial charge on any atom is -0.497 e. The van der Waals surface area contributed by atoms with Gasteiger partial charge in [0.05, 0.1) is 24.4 Å². The van der Waals surface area contributed by atoms with Crippen LogP contribution in [0.1, 0.15) is 16.2 Å². The minimum atomic E-state index is -0.238. The molecular weight excluding hydrogens is 538 g/mol. The molecule has 34 heavy (non-hydrogen) atoms. The van der Waals surface area contributed by atoms with Gasteiger partial charge < -0.3 is 15.4 Å². The van der Waals surface area contributed by atoms with E-state index in [2.05, 4.69) is 36.8 Å². The molecule has 0 aliphatic rings. The van der Waals surface area contributed by atoms with E-state index in [1.54, 1.807) is 31.4 Å². The van der Waals surface area contributed by atoms with Gasteiger partial charge in [0.1, 0.15) is 5.75 Å². The molecule has 0 fully saturated rings. The number of benzene rings is 2. The second-order valence-electron chi connectivity index (χ2n) is 6.94. The van der Waals surface area contributed by atoms with Crippen LogP contribution in [0.25, 0.3) is 5.69 Å². The molecule has 0 aliphatic heterocycles. The van der Waals surface area contributed by atoms with Crippen LogP contribution in [-0.2, 0) is 11.3 Å². The summed E-state index contributed by atoms with van der Waals surface area (Å²) in [7, 11) is 1.57. The largest absolute Gasteiger partial charge is 0.497 e. The molecule has 2 aromatic carbocycles. The van der Waals surface area contributed by atoms with E-state index < -0.39 is 0 Å². The van der Waals surface area contributed by atoms with Gasteiger partial charge in [0.2, 0.25) is 5.91 Å². The van der Waals surface area contributed by atoms with Crippen molar-refractivity contribution >= 4 is 55.8 Å². The molecular formula is C23H20BrN5O3S2. The quantitative estimate of drug-likeness (QED) is 0.288. The second-order valence-corrected chi connectivity index (χ2v) is 9.74. The number of nitrogens with one attached hydrogen (secondary N) is 2. The highest BCUT2D eigenvalue weighted by molar-refractivity contribution is 9.10. The number of hydrogen-bond acceptors (Lipinski definition) is 7. The zero-order valence-corrected chi connectivity index (χ0v) is 21.2. The fraction of sp³-hybridized carbons (Fsp3) is 0.130. The third kappa shape index (κ3) is 6.04. The second kappa shape index (κ2) is 11.3. The van der Waals surface area contributed by atoms with Gasteiger partial charge in [-0.05, 0) is 66.0 Å². The van der Waals surface area contributed by atoms with Crippen LogP contribution in [0, 0.1) is 0 Å². The number of amides is 2. The van der Waals surface area contributed by atoms with Crippen LogP contribution in [0.15, 0.2) is 75.7 Å². The van der Waals surface area contributed by atoms with Gasteiger partial charge >= 0.3 is 0 Å². The van der Waals surface area contributed by atoms with Crippen molar-refractivity contribution in [3.05, 3.63) is 81.9 Å². The number of rotatable bonds is 9. The molecule has 2 amide bonds. The summed E-state index contributed by atoms with van der Waals surface area (Å²) < 4.78 is 7.91. The summed E-state index contributed by atoms with van der Waals surface area (Å²) in [6.45, 7) is 0.163. The third-order valence-corrected chi connectivity index (χ3v) is 6.90. The first kappa shape index (κ1) is 24.0. The number of hydrogen-bond donors (Lipinski definition) is 2. The highest BCUT2D eigenvalue weighted by Crippen LogP contribution is 2.24. The van der Waals surface area contributed by atoms with Crippen molar-refractivity contribution in [2.45, 2.75) is 11.7 Å². The van der Waals surface area contributed by atoms with E-state index in [1.165, 1.54) is 23.1 Å². The maximum Gasteiger partial charge on any atom is 0.251 e. The van der Waals surface area contributed by atoms with E-state index in [0.29, 0.717) is 22.3 Å². The van der Waals surface area contributed by atoms with Crippen LogP contribution in [0.2, 0.25) is 0 Å². The molecule has 0 spiro atoms. The molecule has 2 aromatic heterocycles. The molecule has 0 radical (unpaired) electrons. The number of carbonyl (C=O) groups excluding carboxylic acids is 2. The lowest BCUT2D eigenvalue weighted by Gasteiger charge is -2.11. The number of thioether (sulfide) groups is 1. The van der Waals surface area contributed by atoms with Crippen LogP contribution in [0.3, 0.4) is 0 Å². The third-order valence-electron chi connectivity index (χ3n) is 4.66. The van der Waals surface area contributed by atoms with Crippen molar-refractivity contribution < 1.29 is 14.3 Å². The lowest BCUT2D eigenvalue weighted by Crippen LogP contribution is -2.24. The van der Waals surface area contributed by atoms with E-state index in [9.17, 15) is 9.59 Å². The lowest BCUT2D eigenvalue weighted by atomic mass is 10.2. The monoisotopic (exact) mass is 557 g/mol. The van der Waals surface area contributed by atoms with Gasteiger partial charge in [-0.2, -0.15) is 0 Å². The highest BCUT2D eigenvalue weighted by Gasteiger charge is 2.17. The number of anilines is 1. The molecule has 2 N–H and O–H groups in total. The van der Waals surface area contributed by atoms with Crippen molar-refractivity contribution in [2.24, 2.45) is 0 Å². The Balaban J connectivity index is 1.49. The number of ether oxygens (including phenoxy) is 1. The summed E-state index contributed by atoms with van der Waals surface area (Å²) in [6.07, 6.45) is 0. The normalized spacial score (nSPS) is 10.6. The fourth-order valence-corrected chi connectivity index (χ4v) is 4.68. The summed E-state index contributed by atoms with van der Waals surface area (Å²) in [5.41, 5.74) is 1.33. The van der Waals surface area contributed by atoms with Crippen molar-refractivity contribution in [1.29, 1.82) is 0 Å². The Morgan fingerprint density at radius 1 is 1.09 bits per heavy atom. The summed E-state index contributed by atoms with van der Waals surface area (Å²) in [4.78, 5) is 25.0. The minimum absolute atomic E-state index is 0.132. The Morgan fingerprint density at radius 3 is 2.53 bits per heavy atom. The zero-order valence-electron chi connectivity index (χ0n) is 18.0. The van der Waals surface area contributed by atoms with Gasteiger partial charge in [0.25, 0.3) is 5.91 Å². The maximum atomic E-state index is 12.6. The van der Waals surface area contributed by atoms with Gasteiger partial charge in [-0.15, -0.1) is 21.5 Å². The first-order valence-electron chi connectivity index (χ1n) is 10.1. The van der Waals surface area contributed by atoms with Gasteiger partial charge in [0.15, 0.2) is 11.0 Å². The first-order chi connectivity index (χ1) is 16.5. The molecule has 11 heteroatoms. The molecule has 0 bridgehead atoms. The van der Waals surface area contributed by atoms with Gasteiger partial charge in [-0.25, -0.2) is 0 Å². The number of aromatic nitrogens is 3.